The molecule has 1 fully saturated rings. The van der Waals surface area contributed by atoms with Gasteiger partial charge < -0.3 is 9.30 Å². The van der Waals surface area contributed by atoms with Gasteiger partial charge in [0.1, 0.15) is 18.0 Å². The Morgan fingerprint density at radius 1 is 1.19 bits per heavy atom. The molecular formula is C21H23N3OS. The molecule has 0 bridgehead atoms. The summed E-state index contributed by atoms with van der Waals surface area (Å²) in [7, 11) is 0. The minimum absolute atomic E-state index is 0.0802. The highest BCUT2D eigenvalue weighted by atomic mass is 32.1. The number of rotatable bonds is 3. The molecule has 0 unspecified atom stereocenters. The highest BCUT2D eigenvalue weighted by Gasteiger charge is 2.43. The van der Waals surface area contributed by atoms with Gasteiger partial charge in [0.15, 0.2) is 0 Å². The lowest BCUT2D eigenvalue weighted by Gasteiger charge is -2.35. The van der Waals surface area contributed by atoms with Gasteiger partial charge >= 0.3 is 0 Å². The van der Waals surface area contributed by atoms with Gasteiger partial charge in [0.25, 0.3) is 0 Å². The van der Waals surface area contributed by atoms with E-state index >= 15 is 0 Å². The predicted octanol–water partition coefficient (Wildman–Crippen LogP) is 4.09. The van der Waals surface area contributed by atoms with Gasteiger partial charge in [-0.2, -0.15) is 11.3 Å². The van der Waals surface area contributed by atoms with Crippen LogP contribution in [-0.2, 0) is 24.4 Å². The zero-order chi connectivity index (χ0) is 17.6. The van der Waals surface area contributed by atoms with Crippen LogP contribution in [0.2, 0.25) is 0 Å². The second-order valence-electron chi connectivity index (χ2n) is 7.58. The third-order valence-electron chi connectivity index (χ3n) is 5.62. The summed E-state index contributed by atoms with van der Waals surface area (Å²) in [5, 5.41) is 4.40. The number of aromatic nitrogens is 2. The summed E-state index contributed by atoms with van der Waals surface area (Å²) in [5.74, 6) is 1.04. The van der Waals surface area contributed by atoms with Crippen LogP contribution in [0.25, 0.3) is 11.3 Å². The standard InChI is InChI=1S/C21H23N3OS/c1-16-2-4-18(5-3-16)19-10-22-20-12-25-21(15-24(19)20)7-8-23(14-21)11-17-6-9-26-13-17/h2-6,9-10,13H,7-8,11-12,14-15H2,1H3/t21-/m1/s1. The number of thiophene rings is 1. The van der Waals surface area contributed by atoms with E-state index < -0.39 is 0 Å². The van der Waals surface area contributed by atoms with Crippen LogP contribution in [0.15, 0.2) is 47.3 Å². The molecule has 26 heavy (non-hydrogen) atoms. The smallest absolute Gasteiger partial charge is 0.135 e. The molecule has 5 rings (SSSR count). The lowest BCUT2D eigenvalue weighted by molar-refractivity contribution is -0.0821. The van der Waals surface area contributed by atoms with Gasteiger partial charge in [-0.25, -0.2) is 4.98 Å². The Bertz CT molecular complexity index is 900. The molecule has 1 aromatic carbocycles. The first-order valence-corrected chi connectivity index (χ1v) is 10.1. The van der Waals surface area contributed by atoms with Crippen molar-refractivity contribution in [1.29, 1.82) is 0 Å². The van der Waals surface area contributed by atoms with Crippen LogP contribution >= 0.6 is 11.3 Å². The van der Waals surface area contributed by atoms with Crippen LogP contribution in [-0.4, -0.2) is 33.1 Å². The first-order valence-electron chi connectivity index (χ1n) is 9.20. The van der Waals surface area contributed by atoms with Gasteiger partial charge in [-0.1, -0.05) is 29.8 Å². The summed E-state index contributed by atoms with van der Waals surface area (Å²) in [6, 6.07) is 10.9. The van der Waals surface area contributed by atoms with Gasteiger partial charge in [0, 0.05) is 19.6 Å². The van der Waals surface area contributed by atoms with Gasteiger partial charge in [0.2, 0.25) is 0 Å². The Morgan fingerprint density at radius 3 is 2.88 bits per heavy atom. The largest absolute Gasteiger partial charge is 0.364 e. The Kier molecular flexibility index (Phi) is 3.96. The van der Waals surface area contributed by atoms with Crippen molar-refractivity contribution in [2.24, 2.45) is 0 Å². The van der Waals surface area contributed by atoms with Crippen molar-refractivity contribution in [3.63, 3.8) is 0 Å². The van der Waals surface area contributed by atoms with E-state index in [0.29, 0.717) is 6.61 Å². The summed E-state index contributed by atoms with van der Waals surface area (Å²) < 4.78 is 8.73. The van der Waals surface area contributed by atoms with E-state index in [9.17, 15) is 0 Å². The number of imidazole rings is 1. The fourth-order valence-electron chi connectivity index (χ4n) is 4.16. The van der Waals surface area contributed by atoms with Gasteiger partial charge in [-0.05, 0) is 41.3 Å². The highest BCUT2D eigenvalue weighted by molar-refractivity contribution is 7.07. The van der Waals surface area contributed by atoms with E-state index in [-0.39, 0.29) is 5.60 Å². The topological polar surface area (TPSA) is 30.3 Å². The molecule has 3 aromatic rings. The number of aryl methyl sites for hydroxylation is 1. The average molecular weight is 366 g/mol. The molecule has 134 valence electrons. The molecular weight excluding hydrogens is 342 g/mol. The molecule has 0 amide bonds. The number of hydrogen-bond acceptors (Lipinski definition) is 4. The van der Waals surface area contributed by atoms with E-state index in [1.807, 2.05) is 6.20 Å². The maximum Gasteiger partial charge on any atom is 0.135 e. The third kappa shape index (κ3) is 2.90. The lowest BCUT2D eigenvalue weighted by Crippen LogP contribution is -2.44. The van der Waals surface area contributed by atoms with Crippen LogP contribution in [0.5, 0.6) is 0 Å². The van der Waals surface area contributed by atoms with Crippen LogP contribution in [0.3, 0.4) is 0 Å². The lowest BCUT2D eigenvalue weighted by atomic mass is 10.0. The van der Waals surface area contributed by atoms with Crippen molar-refractivity contribution in [2.75, 3.05) is 13.1 Å². The zero-order valence-electron chi connectivity index (χ0n) is 15.0. The molecule has 0 N–H and O–H groups in total. The maximum atomic E-state index is 6.35. The van der Waals surface area contributed by atoms with Crippen molar-refractivity contribution < 1.29 is 4.74 Å². The van der Waals surface area contributed by atoms with Crippen molar-refractivity contribution in [2.45, 2.75) is 38.6 Å². The average Bonchev–Trinajstić information content (AvgIpc) is 3.37. The summed E-state index contributed by atoms with van der Waals surface area (Å²) >= 11 is 1.77. The first kappa shape index (κ1) is 16.2. The van der Waals surface area contributed by atoms with Gasteiger partial charge in [-0.3, -0.25) is 4.90 Å². The maximum absolute atomic E-state index is 6.35. The third-order valence-corrected chi connectivity index (χ3v) is 6.35. The van der Waals surface area contributed by atoms with Crippen molar-refractivity contribution in [3.8, 4) is 11.3 Å². The van der Waals surface area contributed by atoms with Crippen molar-refractivity contribution in [1.82, 2.24) is 14.5 Å². The fraction of sp³-hybridized carbons (Fsp3) is 0.381. The monoisotopic (exact) mass is 365 g/mol. The Balaban J connectivity index is 1.38. The second kappa shape index (κ2) is 6.34. The molecule has 0 saturated carbocycles. The summed E-state index contributed by atoms with van der Waals surface area (Å²) in [6.45, 7) is 6.74. The molecule has 1 saturated heterocycles. The van der Waals surface area contributed by atoms with E-state index in [4.69, 9.17) is 4.74 Å². The number of ether oxygens (including phenoxy) is 1. The van der Waals surface area contributed by atoms with Crippen molar-refractivity contribution in [3.05, 3.63) is 64.2 Å². The Hall–Kier alpha value is -1.95. The summed E-state index contributed by atoms with van der Waals surface area (Å²) in [5.41, 5.74) is 5.06. The molecule has 2 aliphatic rings. The Labute approximate surface area is 158 Å². The highest BCUT2D eigenvalue weighted by Crippen LogP contribution is 2.35. The fourth-order valence-corrected chi connectivity index (χ4v) is 4.82. The zero-order valence-corrected chi connectivity index (χ0v) is 15.8. The SMILES string of the molecule is Cc1ccc(-c2cnc3n2C[C@]2(CCN(Cc4ccsc4)C2)OC3)cc1. The van der Waals surface area contributed by atoms with Crippen LogP contribution in [0.4, 0.5) is 0 Å². The summed E-state index contributed by atoms with van der Waals surface area (Å²) in [4.78, 5) is 7.14. The molecule has 1 spiro atoms. The van der Waals surface area contributed by atoms with Gasteiger partial charge in [0.05, 0.1) is 18.4 Å². The van der Waals surface area contributed by atoms with Crippen LogP contribution in [0, 0.1) is 6.92 Å². The van der Waals surface area contributed by atoms with Crippen LogP contribution < -0.4 is 0 Å². The Morgan fingerprint density at radius 2 is 2.08 bits per heavy atom. The first-order chi connectivity index (χ1) is 12.7. The number of nitrogens with zero attached hydrogens (tertiary/aromatic N) is 3. The molecule has 2 aromatic heterocycles. The number of benzene rings is 1. The predicted molar refractivity (Wildman–Crippen MR) is 104 cm³/mol. The van der Waals surface area contributed by atoms with E-state index in [1.165, 1.54) is 22.4 Å². The number of likely N-dealkylation sites (tertiary alicyclic amines) is 1. The molecule has 0 radical (unpaired) electrons. The minimum Gasteiger partial charge on any atom is -0.364 e. The quantitative estimate of drug-likeness (QED) is 0.700. The normalized spacial score (nSPS) is 22.8. The molecule has 5 heteroatoms. The molecule has 4 heterocycles. The summed E-state index contributed by atoms with van der Waals surface area (Å²) in [6.07, 6.45) is 3.09. The molecule has 4 nitrogen and oxygen atoms in total. The molecule has 2 aliphatic heterocycles. The minimum atomic E-state index is -0.0802. The number of fused-ring (bicyclic) bond motifs is 1. The second-order valence-corrected chi connectivity index (χ2v) is 8.36. The van der Waals surface area contributed by atoms with Crippen LogP contribution in [0.1, 0.15) is 23.4 Å². The van der Waals surface area contributed by atoms with Crippen molar-refractivity contribution >= 4 is 11.3 Å². The number of hydrogen-bond donors (Lipinski definition) is 0. The van der Waals surface area contributed by atoms with Gasteiger partial charge in [-0.15, -0.1) is 0 Å². The van der Waals surface area contributed by atoms with E-state index in [0.717, 1.165) is 38.4 Å². The molecule has 0 aliphatic carbocycles. The van der Waals surface area contributed by atoms with E-state index in [1.54, 1.807) is 11.3 Å². The molecule has 1 atom stereocenters. The van der Waals surface area contributed by atoms with E-state index in [2.05, 4.69) is 62.5 Å².